The lowest BCUT2D eigenvalue weighted by molar-refractivity contribution is -0.385. The molecule has 1 aliphatic heterocycles. The van der Waals surface area contributed by atoms with E-state index >= 15 is 0 Å². The van der Waals surface area contributed by atoms with Crippen molar-refractivity contribution >= 4 is 23.3 Å². The highest BCUT2D eigenvalue weighted by molar-refractivity contribution is 6.03. The molecule has 1 heterocycles. The number of hydrogen-bond acceptors (Lipinski definition) is 6. The number of methoxy groups -OCH3 is 1. The smallest absolute Gasteiger partial charge is 0.328 e. The van der Waals surface area contributed by atoms with Crippen molar-refractivity contribution < 1.29 is 19.2 Å². The second kappa shape index (κ2) is 6.83. The van der Waals surface area contributed by atoms with E-state index in [4.69, 9.17) is 4.74 Å². The maximum atomic E-state index is 13.1. The molecule has 0 spiro atoms. The first kappa shape index (κ1) is 17.4. The number of benzene rings is 2. The second-order valence-electron chi connectivity index (χ2n) is 5.82. The van der Waals surface area contributed by atoms with Crippen molar-refractivity contribution in [2.45, 2.75) is 19.1 Å². The van der Waals surface area contributed by atoms with Crippen LogP contribution in [0, 0.1) is 10.1 Å². The Morgan fingerprint density at radius 1 is 1.23 bits per heavy atom. The molecule has 2 aromatic carbocycles. The number of rotatable bonds is 4. The normalized spacial score (nSPS) is 17.1. The Morgan fingerprint density at radius 2 is 1.88 bits per heavy atom. The minimum absolute atomic E-state index is 0.140. The van der Waals surface area contributed by atoms with Crippen LogP contribution in [0.5, 0.6) is 0 Å². The van der Waals surface area contributed by atoms with Crippen molar-refractivity contribution in [2.75, 3.05) is 12.4 Å². The number of nitrogens with one attached hydrogen (secondary N) is 1. The SMILES string of the molecule is COC(=O)C(C)N1C(=O)c2ccccc2NC1c1ccccc1[N+](=O)[O-]. The number of carbonyl (C=O) groups excluding carboxylic acids is 2. The van der Waals surface area contributed by atoms with Gasteiger partial charge in [0.05, 0.1) is 23.2 Å². The van der Waals surface area contributed by atoms with Gasteiger partial charge in [-0.25, -0.2) is 4.79 Å². The quantitative estimate of drug-likeness (QED) is 0.514. The number of esters is 1. The summed E-state index contributed by atoms with van der Waals surface area (Å²) < 4.78 is 4.77. The Labute approximate surface area is 149 Å². The molecule has 2 unspecified atom stereocenters. The first-order chi connectivity index (χ1) is 12.5. The average molecular weight is 355 g/mol. The number of nitro groups is 1. The van der Waals surface area contributed by atoms with E-state index in [0.29, 0.717) is 11.3 Å². The number of hydrogen-bond donors (Lipinski definition) is 1. The van der Waals surface area contributed by atoms with Gasteiger partial charge in [0.1, 0.15) is 12.2 Å². The van der Waals surface area contributed by atoms with Crippen LogP contribution in [0.1, 0.15) is 29.0 Å². The van der Waals surface area contributed by atoms with Gasteiger partial charge in [0.25, 0.3) is 11.6 Å². The van der Waals surface area contributed by atoms with Crippen molar-refractivity contribution in [3.63, 3.8) is 0 Å². The molecule has 0 aliphatic carbocycles. The van der Waals surface area contributed by atoms with E-state index in [1.165, 1.54) is 25.0 Å². The standard InChI is InChI=1S/C18H17N3O5/c1-11(18(23)26-2)20-16(13-8-4-6-10-15(13)21(24)25)19-14-9-5-3-7-12(14)17(20)22/h3-11,16,19H,1-2H3. The minimum Gasteiger partial charge on any atom is -0.467 e. The Kier molecular flexibility index (Phi) is 4.57. The Balaban J connectivity index is 2.16. The maximum absolute atomic E-state index is 13.1. The van der Waals surface area contributed by atoms with Gasteiger partial charge in [-0.1, -0.05) is 24.3 Å². The molecule has 3 rings (SSSR count). The van der Waals surface area contributed by atoms with E-state index in [1.54, 1.807) is 42.5 Å². The molecule has 0 radical (unpaired) electrons. The first-order valence-corrected chi connectivity index (χ1v) is 7.95. The van der Waals surface area contributed by atoms with Gasteiger partial charge in [0.2, 0.25) is 0 Å². The van der Waals surface area contributed by atoms with Gasteiger partial charge in [-0.15, -0.1) is 0 Å². The third kappa shape index (κ3) is 2.85. The third-order valence-corrected chi connectivity index (χ3v) is 4.35. The minimum atomic E-state index is -0.932. The van der Waals surface area contributed by atoms with Gasteiger partial charge in [0.15, 0.2) is 0 Å². The van der Waals surface area contributed by atoms with E-state index in [-0.39, 0.29) is 11.3 Å². The summed E-state index contributed by atoms with van der Waals surface area (Å²) in [7, 11) is 1.23. The van der Waals surface area contributed by atoms with Crippen LogP contribution in [0.25, 0.3) is 0 Å². The average Bonchev–Trinajstić information content (AvgIpc) is 2.66. The molecule has 0 bridgehead atoms. The second-order valence-corrected chi connectivity index (χ2v) is 5.82. The van der Waals surface area contributed by atoms with Crippen LogP contribution in [0.3, 0.4) is 0 Å². The topological polar surface area (TPSA) is 102 Å². The number of para-hydroxylation sites is 2. The fourth-order valence-electron chi connectivity index (χ4n) is 3.06. The van der Waals surface area contributed by atoms with Crippen LogP contribution in [0.2, 0.25) is 0 Å². The van der Waals surface area contributed by atoms with Crippen LogP contribution in [0.4, 0.5) is 11.4 Å². The predicted molar refractivity (Wildman–Crippen MR) is 93.5 cm³/mol. The summed E-state index contributed by atoms with van der Waals surface area (Å²) in [5, 5.41) is 14.6. The summed E-state index contributed by atoms with van der Waals surface area (Å²) in [6.45, 7) is 1.53. The molecule has 2 atom stereocenters. The fraction of sp³-hybridized carbons (Fsp3) is 0.222. The predicted octanol–water partition coefficient (Wildman–Crippen LogP) is 2.72. The molecule has 26 heavy (non-hydrogen) atoms. The summed E-state index contributed by atoms with van der Waals surface area (Å²) in [5.41, 5.74) is 1.09. The zero-order valence-electron chi connectivity index (χ0n) is 14.2. The largest absolute Gasteiger partial charge is 0.467 e. The highest BCUT2D eigenvalue weighted by Gasteiger charge is 2.41. The molecular weight excluding hydrogens is 338 g/mol. The summed E-state index contributed by atoms with van der Waals surface area (Å²) in [5.74, 6) is -1.01. The first-order valence-electron chi connectivity index (χ1n) is 7.95. The van der Waals surface area contributed by atoms with Crippen molar-refractivity contribution in [2.24, 2.45) is 0 Å². The number of carbonyl (C=O) groups is 2. The van der Waals surface area contributed by atoms with Crippen LogP contribution >= 0.6 is 0 Å². The number of amides is 1. The number of nitro benzene ring substituents is 1. The zero-order chi connectivity index (χ0) is 18.8. The van der Waals surface area contributed by atoms with Crippen LogP contribution in [-0.4, -0.2) is 34.9 Å². The van der Waals surface area contributed by atoms with Gasteiger partial charge in [-0.05, 0) is 25.1 Å². The molecule has 2 aromatic rings. The van der Waals surface area contributed by atoms with Gasteiger partial charge in [-0.2, -0.15) is 0 Å². The molecule has 0 saturated heterocycles. The summed E-state index contributed by atoms with van der Waals surface area (Å²) in [4.78, 5) is 37.3. The molecule has 0 saturated carbocycles. The molecule has 1 aliphatic rings. The Bertz CT molecular complexity index is 883. The zero-order valence-corrected chi connectivity index (χ0v) is 14.2. The molecule has 1 amide bonds. The van der Waals surface area contributed by atoms with Crippen LogP contribution in [0.15, 0.2) is 48.5 Å². The lowest BCUT2D eigenvalue weighted by Gasteiger charge is -2.40. The van der Waals surface area contributed by atoms with Crippen LogP contribution < -0.4 is 5.32 Å². The van der Waals surface area contributed by atoms with Gasteiger partial charge < -0.3 is 15.0 Å². The highest BCUT2D eigenvalue weighted by atomic mass is 16.6. The maximum Gasteiger partial charge on any atom is 0.328 e. The molecular formula is C18H17N3O5. The van der Waals surface area contributed by atoms with E-state index in [9.17, 15) is 19.7 Å². The highest BCUT2D eigenvalue weighted by Crippen LogP contribution is 2.37. The molecule has 0 fully saturated rings. The molecule has 0 aromatic heterocycles. The summed E-state index contributed by atoms with van der Waals surface area (Å²) >= 11 is 0. The number of nitrogens with zero attached hydrogens (tertiary/aromatic N) is 2. The van der Waals surface area contributed by atoms with E-state index in [0.717, 1.165) is 0 Å². The number of fused-ring (bicyclic) bond motifs is 1. The van der Waals surface area contributed by atoms with Crippen molar-refractivity contribution in [3.8, 4) is 0 Å². The monoisotopic (exact) mass is 355 g/mol. The van der Waals surface area contributed by atoms with E-state index in [2.05, 4.69) is 5.32 Å². The fourth-order valence-corrected chi connectivity index (χ4v) is 3.06. The Morgan fingerprint density at radius 3 is 2.58 bits per heavy atom. The third-order valence-electron chi connectivity index (χ3n) is 4.35. The van der Waals surface area contributed by atoms with Crippen molar-refractivity contribution in [1.29, 1.82) is 0 Å². The number of ether oxygens (including phenoxy) is 1. The summed E-state index contributed by atoms with van der Waals surface area (Å²) in [6, 6.07) is 12.0. The number of anilines is 1. The molecule has 134 valence electrons. The van der Waals surface area contributed by atoms with Gasteiger partial charge >= 0.3 is 5.97 Å². The molecule has 8 heteroatoms. The Hall–Kier alpha value is -3.42. The lowest BCUT2D eigenvalue weighted by Crippen LogP contribution is -2.51. The van der Waals surface area contributed by atoms with Crippen molar-refractivity contribution in [1.82, 2.24) is 4.90 Å². The molecule has 8 nitrogen and oxygen atoms in total. The van der Waals surface area contributed by atoms with Gasteiger partial charge in [-0.3, -0.25) is 14.9 Å². The lowest BCUT2D eigenvalue weighted by atomic mass is 10.0. The van der Waals surface area contributed by atoms with E-state index < -0.39 is 29.0 Å². The van der Waals surface area contributed by atoms with E-state index in [1.807, 2.05) is 0 Å². The summed E-state index contributed by atoms with van der Waals surface area (Å²) in [6.07, 6.45) is -0.881. The van der Waals surface area contributed by atoms with Crippen LogP contribution in [-0.2, 0) is 9.53 Å². The van der Waals surface area contributed by atoms with Gasteiger partial charge in [0, 0.05) is 11.8 Å². The van der Waals surface area contributed by atoms with Crippen molar-refractivity contribution in [3.05, 3.63) is 69.8 Å². The molecule has 1 N–H and O–H groups in total.